The van der Waals surface area contributed by atoms with Crippen LogP contribution in [0.4, 0.5) is 0 Å². The van der Waals surface area contributed by atoms with E-state index < -0.39 is 11.6 Å². The van der Waals surface area contributed by atoms with E-state index in [1.54, 1.807) is 89.8 Å². The Balaban J connectivity index is 1.94. The summed E-state index contributed by atoms with van der Waals surface area (Å²) in [6, 6.07) is 24.1. The summed E-state index contributed by atoms with van der Waals surface area (Å²) in [6.07, 6.45) is 0. The van der Waals surface area contributed by atoms with E-state index in [0.29, 0.717) is 43.0 Å². The Morgan fingerprint density at radius 1 is 0.636 bits per heavy atom. The number of morpholine rings is 1. The number of Topliss-reactive ketones (excluding diaryl/α,β-unsaturated/α-hetero) is 3. The quantitative estimate of drug-likeness (QED) is 0.197. The predicted octanol–water partition coefficient (Wildman–Crippen LogP) is 4.98. The van der Waals surface area contributed by atoms with Crippen LogP contribution in [0.3, 0.4) is 0 Å². The van der Waals surface area contributed by atoms with Crippen molar-refractivity contribution in [3.05, 3.63) is 117 Å². The van der Waals surface area contributed by atoms with Gasteiger partial charge in [0.05, 0.1) is 18.8 Å². The van der Waals surface area contributed by atoms with Crippen LogP contribution in [0.5, 0.6) is 0 Å². The average Bonchev–Trinajstić information content (AvgIpc) is 2.88. The van der Waals surface area contributed by atoms with Crippen molar-refractivity contribution in [1.82, 2.24) is 4.90 Å². The van der Waals surface area contributed by atoms with Crippen LogP contribution in [0.25, 0.3) is 0 Å². The molecular weight excluding hydrogens is 482 g/mol. The van der Waals surface area contributed by atoms with Crippen LogP contribution in [-0.4, -0.2) is 48.6 Å². The van der Waals surface area contributed by atoms with Crippen molar-refractivity contribution in [2.45, 2.75) is 0 Å². The molecule has 5 nitrogen and oxygen atoms in total. The SMILES string of the molecule is O=C(C(C(=O)c1ccccc1)=C(C(=O)c1ccc(Br)cc1)N1CCOCC1)c1ccccc1. The van der Waals surface area contributed by atoms with Crippen molar-refractivity contribution in [3.63, 3.8) is 0 Å². The summed E-state index contributed by atoms with van der Waals surface area (Å²) in [5.41, 5.74) is 1.10. The number of benzene rings is 3. The molecule has 0 amide bonds. The molecule has 0 saturated carbocycles. The third-order valence-corrected chi connectivity index (χ3v) is 5.94. The number of hydrogen-bond donors (Lipinski definition) is 0. The summed E-state index contributed by atoms with van der Waals surface area (Å²) in [6.45, 7) is 1.63. The Hall–Kier alpha value is -3.35. The molecule has 0 unspecified atom stereocenters. The molecule has 166 valence electrons. The first-order valence-corrected chi connectivity index (χ1v) is 11.4. The van der Waals surface area contributed by atoms with E-state index in [1.165, 1.54) is 0 Å². The smallest absolute Gasteiger partial charge is 0.209 e. The van der Waals surface area contributed by atoms with Gasteiger partial charge < -0.3 is 9.64 Å². The highest BCUT2D eigenvalue weighted by molar-refractivity contribution is 9.10. The van der Waals surface area contributed by atoms with Crippen LogP contribution >= 0.6 is 15.9 Å². The first kappa shape index (κ1) is 22.8. The minimum Gasteiger partial charge on any atom is -0.378 e. The van der Waals surface area contributed by atoms with Crippen molar-refractivity contribution in [1.29, 1.82) is 0 Å². The zero-order valence-electron chi connectivity index (χ0n) is 17.9. The highest BCUT2D eigenvalue weighted by Crippen LogP contribution is 2.25. The van der Waals surface area contributed by atoms with Crippen molar-refractivity contribution >= 4 is 33.3 Å². The lowest BCUT2D eigenvalue weighted by Gasteiger charge is -2.31. The Labute approximate surface area is 200 Å². The molecule has 1 aliphatic rings. The van der Waals surface area contributed by atoms with Crippen molar-refractivity contribution < 1.29 is 19.1 Å². The number of nitrogens with zero attached hydrogens (tertiary/aromatic N) is 1. The molecule has 0 radical (unpaired) electrons. The molecule has 3 aromatic rings. The zero-order valence-corrected chi connectivity index (χ0v) is 19.5. The molecular formula is C27H22BrNO4. The third kappa shape index (κ3) is 5.18. The number of carbonyl (C=O) groups is 3. The van der Waals surface area contributed by atoms with E-state index in [2.05, 4.69) is 15.9 Å². The molecule has 1 aliphatic heterocycles. The van der Waals surface area contributed by atoms with Gasteiger partial charge in [0, 0.05) is 34.3 Å². The van der Waals surface area contributed by atoms with Gasteiger partial charge in [-0.15, -0.1) is 0 Å². The van der Waals surface area contributed by atoms with E-state index in [9.17, 15) is 14.4 Å². The van der Waals surface area contributed by atoms with Gasteiger partial charge in [-0.05, 0) is 24.3 Å². The van der Waals surface area contributed by atoms with E-state index in [1.807, 2.05) is 0 Å². The van der Waals surface area contributed by atoms with E-state index in [0.717, 1.165) is 4.47 Å². The number of ether oxygens (including phenoxy) is 1. The first-order chi connectivity index (χ1) is 16.1. The topological polar surface area (TPSA) is 63.7 Å². The second kappa shape index (κ2) is 10.5. The summed E-state index contributed by atoms with van der Waals surface area (Å²) in [5, 5.41) is 0. The highest BCUT2D eigenvalue weighted by Gasteiger charge is 2.33. The van der Waals surface area contributed by atoms with Crippen LogP contribution in [0.2, 0.25) is 0 Å². The molecule has 0 atom stereocenters. The maximum absolute atomic E-state index is 13.8. The first-order valence-electron chi connectivity index (χ1n) is 10.6. The number of rotatable bonds is 7. The molecule has 0 aliphatic carbocycles. The normalized spacial score (nSPS) is 13.3. The third-order valence-electron chi connectivity index (χ3n) is 5.41. The second-order valence-electron chi connectivity index (χ2n) is 7.55. The number of ketones is 3. The molecule has 0 N–H and O–H groups in total. The zero-order chi connectivity index (χ0) is 23.2. The van der Waals surface area contributed by atoms with Crippen LogP contribution in [0.15, 0.2) is 101 Å². The Morgan fingerprint density at radius 2 is 1.09 bits per heavy atom. The van der Waals surface area contributed by atoms with Crippen LogP contribution in [0, 0.1) is 0 Å². The van der Waals surface area contributed by atoms with Crippen molar-refractivity contribution in [3.8, 4) is 0 Å². The lowest BCUT2D eigenvalue weighted by molar-refractivity contribution is 0.0495. The molecule has 1 fully saturated rings. The summed E-state index contributed by atoms with van der Waals surface area (Å²) < 4.78 is 6.30. The average molecular weight is 504 g/mol. The van der Waals surface area contributed by atoms with Crippen molar-refractivity contribution in [2.24, 2.45) is 0 Å². The fourth-order valence-corrected chi connectivity index (χ4v) is 3.99. The van der Waals surface area contributed by atoms with Crippen LogP contribution in [0.1, 0.15) is 31.1 Å². The summed E-state index contributed by atoms with van der Waals surface area (Å²) in [7, 11) is 0. The van der Waals surface area contributed by atoms with E-state index >= 15 is 0 Å². The Morgan fingerprint density at radius 3 is 1.58 bits per heavy atom. The maximum atomic E-state index is 13.8. The highest BCUT2D eigenvalue weighted by atomic mass is 79.9. The second-order valence-corrected chi connectivity index (χ2v) is 8.47. The molecule has 0 spiro atoms. The Bertz CT molecular complexity index is 1130. The minimum atomic E-state index is -0.476. The predicted molar refractivity (Wildman–Crippen MR) is 129 cm³/mol. The molecule has 0 bridgehead atoms. The lowest BCUT2D eigenvalue weighted by Crippen LogP contribution is -2.40. The lowest BCUT2D eigenvalue weighted by atomic mass is 9.90. The fourth-order valence-electron chi connectivity index (χ4n) is 3.73. The molecule has 0 aromatic heterocycles. The van der Waals surface area contributed by atoms with Gasteiger partial charge in [-0.25, -0.2) is 0 Å². The van der Waals surface area contributed by atoms with E-state index in [-0.39, 0.29) is 17.1 Å². The Kier molecular flexibility index (Phi) is 7.27. The number of carbonyl (C=O) groups excluding carboxylic acids is 3. The minimum absolute atomic E-state index is 0.114. The van der Waals surface area contributed by atoms with E-state index in [4.69, 9.17) is 4.74 Å². The summed E-state index contributed by atoms with van der Waals surface area (Å²) in [4.78, 5) is 43.1. The standard InChI is InChI=1S/C27H22BrNO4/c28-22-13-11-21(12-14-22)27(32)24(29-15-17-33-18-16-29)23(25(30)19-7-3-1-4-8-19)26(31)20-9-5-2-6-10-20/h1-14H,15-18H2. The van der Waals surface area contributed by atoms with Gasteiger partial charge in [-0.1, -0.05) is 76.6 Å². The van der Waals surface area contributed by atoms with Gasteiger partial charge in [-0.3, -0.25) is 14.4 Å². The largest absolute Gasteiger partial charge is 0.378 e. The number of allylic oxidation sites excluding steroid dienone is 2. The molecule has 1 heterocycles. The van der Waals surface area contributed by atoms with Gasteiger partial charge in [0.25, 0.3) is 0 Å². The molecule has 1 saturated heterocycles. The fraction of sp³-hybridized carbons (Fsp3) is 0.148. The van der Waals surface area contributed by atoms with Crippen molar-refractivity contribution in [2.75, 3.05) is 26.3 Å². The summed E-state index contributed by atoms with van der Waals surface area (Å²) >= 11 is 3.39. The molecule has 6 heteroatoms. The molecule has 33 heavy (non-hydrogen) atoms. The van der Waals surface area contributed by atoms with Gasteiger partial charge >= 0.3 is 0 Å². The molecule has 3 aromatic carbocycles. The van der Waals surface area contributed by atoms with Gasteiger partial charge in [0.2, 0.25) is 5.78 Å². The maximum Gasteiger partial charge on any atom is 0.209 e. The van der Waals surface area contributed by atoms with Crippen LogP contribution in [-0.2, 0) is 4.74 Å². The van der Waals surface area contributed by atoms with Gasteiger partial charge in [0.15, 0.2) is 11.6 Å². The molecule has 4 rings (SSSR count). The number of hydrogen-bond acceptors (Lipinski definition) is 5. The van der Waals surface area contributed by atoms with Gasteiger partial charge in [0.1, 0.15) is 5.70 Å². The monoisotopic (exact) mass is 503 g/mol. The summed E-state index contributed by atoms with van der Waals surface area (Å²) in [5.74, 6) is -1.32. The number of halogens is 1. The van der Waals surface area contributed by atoms with Crippen LogP contribution < -0.4 is 0 Å². The van der Waals surface area contributed by atoms with Gasteiger partial charge in [-0.2, -0.15) is 0 Å².